The van der Waals surface area contributed by atoms with Crippen LogP contribution >= 0.6 is 0 Å². The number of nitrogens with zero attached hydrogens (tertiary/aromatic N) is 2. The van der Waals surface area contributed by atoms with Crippen LogP contribution in [-0.2, 0) is 0 Å². The van der Waals surface area contributed by atoms with Crippen molar-refractivity contribution >= 4 is 0 Å². The minimum atomic E-state index is 0.203. The molecule has 0 aromatic rings. The molecule has 0 spiro atoms. The monoisotopic (exact) mass is 170 g/mol. The molecule has 0 aromatic heterocycles. The standard InChI is InChI=1S/C9H18N2O/c1-9(8-12)11(2)7-5-3-4-6-10/h9,12H,3-5,7-8H2,1-2H3. The molecule has 12 heavy (non-hydrogen) atoms. The van der Waals surface area contributed by atoms with Gasteiger partial charge in [0, 0.05) is 12.5 Å². The van der Waals surface area contributed by atoms with Crippen LogP contribution in [0.3, 0.4) is 0 Å². The number of hydrogen-bond donors (Lipinski definition) is 1. The van der Waals surface area contributed by atoms with Gasteiger partial charge >= 0.3 is 0 Å². The molecule has 70 valence electrons. The van der Waals surface area contributed by atoms with E-state index in [1.807, 2.05) is 14.0 Å². The lowest BCUT2D eigenvalue weighted by atomic mass is 10.2. The molecule has 0 saturated carbocycles. The van der Waals surface area contributed by atoms with Crippen molar-refractivity contribution in [2.24, 2.45) is 0 Å². The summed E-state index contributed by atoms with van der Waals surface area (Å²) in [5, 5.41) is 17.1. The first-order valence-electron chi connectivity index (χ1n) is 4.40. The van der Waals surface area contributed by atoms with Gasteiger partial charge in [0.1, 0.15) is 0 Å². The first-order valence-corrected chi connectivity index (χ1v) is 4.40. The number of hydrogen-bond acceptors (Lipinski definition) is 3. The van der Waals surface area contributed by atoms with E-state index in [2.05, 4.69) is 11.0 Å². The summed E-state index contributed by atoms with van der Waals surface area (Å²) in [5.41, 5.74) is 0. The van der Waals surface area contributed by atoms with E-state index in [1.54, 1.807) is 0 Å². The van der Waals surface area contributed by atoms with Gasteiger partial charge in [0.05, 0.1) is 12.7 Å². The van der Waals surface area contributed by atoms with Crippen LogP contribution in [0.2, 0.25) is 0 Å². The zero-order valence-corrected chi connectivity index (χ0v) is 7.95. The summed E-state index contributed by atoms with van der Waals surface area (Å²) in [6, 6.07) is 2.35. The molecule has 1 N–H and O–H groups in total. The maximum Gasteiger partial charge on any atom is 0.0621 e. The molecule has 3 nitrogen and oxygen atoms in total. The first kappa shape index (κ1) is 11.4. The summed E-state index contributed by atoms with van der Waals surface area (Å²) in [7, 11) is 1.99. The third-order valence-electron chi connectivity index (χ3n) is 2.07. The average Bonchev–Trinajstić information content (AvgIpc) is 2.10. The maximum atomic E-state index is 8.81. The van der Waals surface area contributed by atoms with Crippen LogP contribution in [-0.4, -0.2) is 36.2 Å². The molecule has 0 bridgehead atoms. The quantitative estimate of drug-likeness (QED) is 0.605. The van der Waals surface area contributed by atoms with Gasteiger partial charge in [-0.2, -0.15) is 5.26 Å². The number of rotatable bonds is 6. The van der Waals surface area contributed by atoms with Gasteiger partial charge in [-0.05, 0) is 33.4 Å². The van der Waals surface area contributed by atoms with Crippen molar-refractivity contribution in [1.29, 1.82) is 5.26 Å². The van der Waals surface area contributed by atoms with Crippen LogP contribution in [0.4, 0.5) is 0 Å². The van der Waals surface area contributed by atoms with Gasteiger partial charge < -0.3 is 10.0 Å². The van der Waals surface area contributed by atoms with E-state index in [-0.39, 0.29) is 12.6 Å². The summed E-state index contributed by atoms with van der Waals surface area (Å²) < 4.78 is 0. The Morgan fingerprint density at radius 1 is 1.50 bits per heavy atom. The number of aliphatic hydroxyl groups is 1. The summed E-state index contributed by atoms with van der Waals surface area (Å²) >= 11 is 0. The first-order chi connectivity index (χ1) is 5.72. The second kappa shape index (κ2) is 7.08. The predicted octanol–water partition coefficient (Wildman–Crippen LogP) is 0.993. The minimum Gasteiger partial charge on any atom is -0.395 e. The highest BCUT2D eigenvalue weighted by Crippen LogP contribution is 1.99. The van der Waals surface area contributed by atoms with Crippen molar-refractivity contribution in [3.05, 3.63) is 0 Å². The number of likely N-dealkylation sites (N-methyl/N-ethyl adjacent to an activating group) is 1. The second-order valence-corrected chi connectivity index (χ2v) is 3.13. The van der Waals surface area contributed by atoms with Crippen LogP contribution in [0.1, 0.15) is 26.2 Å². The van der Waals surface area contributed by atoms with E-state index >= 15 is 0 Å². The molecule has 1 atom stereocenters. The highest BCUT2D eigenvalue weighted by Gasteiger charge is 2.05. The van der Waals surface area contributed by atoms with Crippen LogP contribution in [0.25, 0.3) is 0 Å². The van der Waals surface area contributed by atoms with E-state index in [9.17, 15) is 0 Å². The molecule has 0 aliphatic carbocycles. The molecular formula is C9H18N2O. The highest BCUT2D eigenvalue weighted by atomic mass is 16.3. The van der Waals surface area contributed by atoms with Crippen molar-refractivity contribution in [2.75, 3.05) is 20.2 Å². The number of aliphatic hydroxyl groups excluding tert-OH is 1. The Bertz CT molecular complexity index is 142. The lowest BCUT2D eigenvalue weighted by Gasteiger charge is -2.22. The van der Waals surface area contributed by atoms with Crippen LogP contribution < -0.4 is 0 Å². The molecule has 0 radical (unpaired) electrons. The highest BCUT2D eigenvalue weighted by molar-refractivity contribution is 4.69. The third-order valence-corrected chi connectivity index (χ3v) is 2.07. The van der Waals surface area contributed by atoms with Gasteiger partial charge in [-0.25, -0.2) is 0 Å². The molecule has 0 aromatic carbocycles. The Morgan fingerprint density at radius 2 is 2.17 bits per heavy atom. The van der Waals surface area contributed by atoms with Gasteiger partial charge in [-0.1, -0.05) is 0 Å². The van der Waals surface area contributed by atoms with Gasteiger partial charge in [0.25, 0.3) is 0 Å². The Balaban J connectivity index is 3.32. The number of nitriles is 1. The van der Waals surface area contributed by atoms with Gasteiger partial charge in [-0.3, -0.25) is 0 Å². The van der Waals surface area contributed by atoms with E-state index in [1.165, 1.54) is 0 Å². The van der Waals surface area contributed by atoms with Crippen molar-refractivity contribution in [3.63, 3.8) is 0 Å². The normalized spacial score (nSPS) is 12.9. The Labute approximate surface area is 74.6 Å². The van der Waals surface area contributed by atoms with Gasteiger partial charge in [-0.15, -0.1) is 0 Å². The average molecular weight is 170 g/mol. The molecule has 0 aliphatic rings. The molecule has 0 aliphatic heterocycles. The van der Waals surface area contributed by atoms with Crippen molar-refractivity contribution in [3.8, 4) is 6.07 Å². The smallest absolute Gasteiger partial charge is 0.0621 e. The van der Waals surface area contributed by atoms with E-state index in [0.717, 1.165) is 19.4 Å². The zero-order chi connectivity index (χ0) is 9.40. The zero-order valence-electron chi connectivity index (χ0n) is 7.95. The molecule has 1 unspecified atom stereocenters. The largest absolute Gasteiger partial charge is 0.395 e. The fourth-order valence-corrected chi connectivity index (χ4v) is 0.925. The van der Waals surface area contributed by atoms with Crippen molar-refractivity contribution in [1.82, 2.24) is 4.90 Å². The van der Waals surface area contributed by atoms with Crippen LogP contribution in [0.15, 0.2) is 0 Å². The topological polar surface area (TPSA) is 47.3 Å². The van der Waals surface area contributed by atoms with Crippen molar-refractivity contribution in [2.45, 2.75) is 32.2 Å². The molecular weight excluding hydrogens is 152 g/mol. The van der Waals surface area contributed by atoms with Crippen LogP contribution in [0, 0.1) is 11.3 Å². The Morgan fingerprint density at radius 3 is 2.67 bits per heavy atom. The summed E-state index contributed by atoms with van der Waals surface area (Å²) in [4.78, 5) is 2.11. The van der Waals surface area contributed by atoms with E-state index in [0.29, 0.717) is 6.42 Å². The van der Waals surface area contributed by atoms with Gasteiger partial charge in [0.15, 0.2) is 0 Å². The number of unbranched alkanes of at least 4 members (excludes halogenated alkanes) is 2. The summed E-state index contributed by atoms with van der Waals surface area (Å²) in [5.74, 6) is 0. The lowest BCUT2D eigenvalue weighted by molar-refractivity contribution is 0.157. The molecule has 3 heteroatoms. The molecule has 0 rings (SSSR count). The predicted molar refractivity (Wildman–Crippen MR) is 48.6 cm³/mol. The van der Waals surface area contributed by atoms with E-state index in [4.69, 9.17) is 10.4 Å². The fourth-order valence-electron chi connectivity index (χ4n) is 0.925. The molecule has 0 amide bonds. The van der Waals surface area contributed by atoms with Crippen molar-refractivity contribution < 1.29 is 5.11 Å². The van der Waals surface area contributed by atoms with E-state index < -0.39 is 0 Å². The Hall–Kier alpha value is -0.590. The molecule has 0 heterocycles. The SMILES string of the molecule is CC(CO)N(C)CCCCC#N. The fraction of sp³-hybridized carbons (Fsp3) is 0.889. The minimum absolute atomic E-state index is 0.203. The summed E-state index contributed by atoms with van der Waals surface area (Å²) in [6.45, 7) is 3.16. The third kappa shape index (κ3) is 5.11. The van der Waals surface area contributed by atoms with Crippen LogP contribution in [0.5, 0.6) is 0 Å². The molecule has 0 fully saturated rings. The summed E-state index contributed by atoms with van der Waals surface area (Å²) in [6.07, 6.45) is 2.63. The molecule has 0 saturated heterocycles. The van der Waals surface area contributed by atoms with Gasteiger partial charge in [0.2, 0.25) is 0 Å². The second-order valence-electron chi connectivity index (χ2n) is 3.13. The lowest BCUT2D eigenvalue weighted by Crippen LogP contribution is -2.32. The maximum absolute atomic E-state index is 8.81. The Kier molecular flexibility index (Phi) is 6.73.